The van der Waals surface area contributed by atoms with Gasteiger partial charge in [0.1, 0.15) is 0 Å². The van der Waals surface area contributed by atoms with E-state index in [1.807, 2.05) is 14.1 Å². The van der Waals surface area contributed by atoms with Crippen LogP contribution in [0.1, 0.15) is 84.0 Å². The quantitative estimate of drug-likeness (QED) is 0.485. The Morgan fingerprint density at radius 3 is 1.76 bits per heavy atom. The fourth-order valence-corrected chi connectivity index (χ4v) is 2.84. The van der Waals surface area contributed by atoms with Gasteiger partial charge in [0.2, 0.25) is 5.91 Å². The number of amides is 1. The van der Waals surface area contributed by atoms with Gasteiger partial charge in [-0.1, -0.05) is 71.1 Å². The number of nitrogens with zero attached hydrogens (tertiary/aromatic N) is 1. The highest BCUT2D eigenvalue weighted by atomic mass is 16.2. The summed E-state index contributed by atoms with van der Waals surface area (Å²) in [6.45, 7) is 2.88. The molecule has 3 nitrogen and oxygen atoms in total. The van der Waals surface area contributed by atoms with Crippen LogP contribution in [-0.4, -0.2) is 31.4 Å². The third-order valence-electron chi connectivity index (χ3n) is 4.21. The zero-order valence-electron chi connectivity index (χ0n) is 14.7. The maximum atomic E-state index is 12.0. The van der Waals surface area contributed by atoms with Gasteiger partial charge in [-0.05, 0) is 19.4 Å². The summed E-state index contributed by atoms with van der Waals surface area (Å²) in [7, 11) is 3.68. The number of rotatable bonds is 14. The molecule has 0 aromatic heterocycles. The summed E-state index contributed by atoms with van der Waals surface area (Å²) in [5, 5.41) is 0. The second-order valence-electron chi connectivity index (χ2n) is 6.48. The molecule has 0 aliphatic heterocycles. The number of hydrogen-bond donors (Lipinski definition) is 1. The summed E-state index contributed by atoms with van der Waals surface area (Å²) in [4.78, 5) is 13.7. The van der Waals surface area contributed by atoms with Crippen LogP contribution in [-0.2, 0) is 4.79 Å². The molecule has 1 amide bonds. The van der Waals surface area contributed by atoms with Gasteiger partial charge in [-0.15, -0.1) is 0 Å². The Bertz CT molecular complexity index is 241. The van der Waals surface area contributed by atoms with Gasteiger partial charge in [0.05, 0.1) is 0 Å². The smallest absolute Gasteiger partial charge is 0.225 e. The van der Waals surface area contributed by atoms with E-state index in [9.17, 15) is 4.79 Å². The summed E-state index contributed by atoms with van der Waals surface area (Å²) in [6.07, 6.45) is 15.2. The Morgan fingerprint density at radius 1 is 0.857 bits per heavy atom. The van der Waals surface area contributed by atoms with Crippen LogP contribution in [0.2, 0.25) is 0 Å². The van der Waals surface area contributed by atoms with E-state index in [0.29, 0.717) is 6.54 Å². The highest BCUT2D eigenvalue weighted by Crippen LogP contribution is 2.17. The summed E-state index contributed by atoms with van der Waals surface area (Å²) in [5.74, 6) is 0.385. The Kier molecular flexibility index (Phi) is 14.0. The van der Waals surface area contributed by atoms with Gasteiger partial charge >= 0.3 is 0 Å². The third kappa shape index (κ3) is 11.7. The topological polar surface area (TPSA) is 46.3 Å². The maximum Gasteiger partial charge on any atom is 0.225 e. The molecular weight excluding hydrogens is 260 g/mol. The average Bonchev–Trinajstić information content (AvgIpc) is 2.47. The van der Waals surface area contributed by atoms with E-state index in [2.05, 4.69) is 6.92 Å². The van der Waals surface area contributed by atoms with Crippen molar-refractivity contribution in [2.45, 2.75) is 84.0 Å². The Balaban J connectivity index is 3.52. The molecule has 0 saturated carbocycles. The molecule has 1 unspecified atom stereocenters. The van der Waals surface area contributed by atoms with E-state index in [-0.39, 0.29) is 11.8 Å². The first-order valence-corrected chi connectivity index (χ1v) is 9.04. The molecule has 0 heterocycles. The highest BCUT2D eigenvalue weighted by Gasteiger charge is 2.18. The van der Waals surface area contributed by atoms with Crippen molar-refractivity contribution >= 4 is 5.91 Å². The monoisotopic (exact) mass is 298 g/mol. The fourth-order valence-electron chi connectivity index (χ4n) is 2.84. The molecule has 1 atom stereocenters. The van der Waals surface area contributed by atoms with Gasteiger partial charge in [0.15, 0.2) is 0 Å². The van der Waals surface area contributed by atoms with Crippen LogP contribution in [0.15, 0.2) is 0 Å². The van der Waals surface area contributed by atoms with Crippen molar-refractivity contribution in [1.82, 2.24) is 4.90 Å². The van der Waals surface area contributed by atoms with Crippen LogP contribution in [0.25, 0.3) is 0 Å². The van der Waals surface area contributed by atoms with Gasteiger partial charge in [0.25, 0.3) is 0 Å². The Hall–Kier alpha value is -0.570. The summed E-state index contributed by atoms with van der Waals surface area (Å²) in [6, 6.07) is 0. The molecule has 3 heteroatoms. The van der Waals surface area contributed by atoms with Crippen LogP contribution in [0, 0.1) is 5.92 Å². The number of carbonyl (C=O) groups excluding carboxylic acids is 1. The number of carbonyl (C=O) groups is 1. The summed E-state index contributed by atoms with van der Waals surface area (Å²) >= 11 is 0. The Morgan fingerprint density at radius 2 is 1.33 bits per heavy atom. The first-order valence-electron chi connectivity index (χ1n) is 9.04. The molecule has 21 heavy (non-hydrogen) atoms. The molecular formula is C18H38N2O. The second-order valence-corrected chi connectivity index (χ2v) is 6.48. The second kappa shape index (κ2) is 14.4. The molecule has 0 spiro atoms. The van der Waals surface area contributed by atoms with Crippen molar-refractivity contribution in [2.75, 3.05) is 20.6 Å². The first-order chi connectivity index (χ1) is 10.1. The minimum Gasteiger partial charge on any atom is -0.349 e. The van der Waals surface area contributed by atoms with E-state index in [1.54, 1.807) is 4.90 Å². The van der Waals surface area contributed by atoms with Crippen molar-refractivity contribution in [3.8, 4) is 0 Å². The fraction of sp³-hybridized carbons (Fsp3) is 0.944. The van der Waals surface area contributed by atoms with Crippen molar-refractivity contribution in [3.63, 3.8) is 0 Å². The van der Waals surface area contributed by atoms with Crippen LogP contribution in [0.3, 0.4) is 0 Å². The van der Waals surface area contributed by atoms with Crippen LogP contribution < -0.4 is 5.73 Å². The molecule has 2 N–H and O–H groups in total. The van der Waals surface area contributed by atoms with Crippen LogP contribution in [0.5, 0.6) is 0 Å². The van der Waals surface area contributed by atoms with Crippen molar-refractivity contribution in [3.05, 3.63) is 0 Å². The minimum absolute atomic E-state index is 0.138. The van der Waals surface area contributed by atoms with Gasteiger partial charge < -0.3 is 10.6 Å². The lowest BCUT2D eigenvalue weighted by Gasteiger charge is -2.19. The van der Waals surface area contributed by atoms with Crippen LogP contribution >= 0.6 is 0 Å². The minimum atomic E-state index is 0.138. The van der Waals surface area contributed by atoms with Crippen LogP contribution in [0.4, 0.5) is 0 Å². The summed E-state index contributed by atoms with van der Waals surface area (Å²) < 4.78 is 0. The van der Waals surface area contributed by atoms with Gasteiger partial charge in [-0.2, -0.15) is 0 Å². The molecule has 0 aliphatic rings. The first kappa shape index (κ1) is 20.4. The normalized spacial score (nSPS) is 12.4. The molecule has 0 aromatic carbocycles. The molecule has 126 valence electrons. The Labute approximate surface area is 132 Å². The van der Waals surface area contributed by atoms with E-state index in [4.69, 9.17) is 5.73 Å². The molecule has 0 fully saturated rings. The van der Waals surface area contributed by atoms with Crippen molar-refractivity contribution < 1.29 is 4.79 Å². The summed E-state index contributed by atoms with van der Waals surface area (Å²) in [5.41, 5.74) is 5.62. The lowest BCUT2D eigenvalue weighted by Crippen LogP contribution is -2.31. The van der Waals surface area contributed by atoms with Gasteiger partial charge in [-0.25, -0.2) is 0 Å². The molecule has 0 aliphatic carbocycles. The van der Waals surface area contributed by atoms with Gasteiger partial charge in [-0.3, -0.25) is 4.79 Å². The van der Waals surface area contributed by atoms with E-state index in [0.717, 1.165) is 12.8 Å². The lowest BCUT2D eigenvalue weighted by molar-refractivity contribution is -0.133. The number of nitrogens with two attached hydrogens (primary N) is 1. The van der Waals surface area contributed by atoms with E-state index >= 15 is 0 Å². The molecule has 0 bridgehead atoms. The molecule has 0 rings (SSSR count). The standard InChI is InChI=1S/C18H38N2O/c1-4-5-6-7-8-9-10-11-12-13-14-17(15-16-19)18(21)20(2)3/h17H,4-16,19H2,1-3H3. The van der Waals surface area contributed by atoms with Crippen molar-refractivity contribution in [2.24, 2.45) is 11.7 Å². The lowest BCUT2D eigenvalue weighted by atomic mass is 9.95. The SMILES string of the molecule is CCCCCCCCCCCCC(CCN)C(=O)N(C)C. The molecule has 0 aromatic rings. The predicted molar refractivity (Wildman–Crippen MR) is 92.3 cm³/mol. The predicted octanol–water partition coefficient (Wildman–Crippen LogP) is 4.35. The number of unbranched alkanes of at least 4 members (excludes halogenated alkanes) is 9. The maximum absolute atomic E-state index is 12.0. The van der Waals surface area contributed by atoms with Gasteiger partial charge in [0, 0.05) is 20.0 Å². The zero-order chi connectivity index (χ0) is 15.9. The zero-order valence-corrected chi connectivity index (χ0v) is 14.7. The molecule has 0 saturated heterocycles. The van der Waals surface area contributed by atoms with E-state index < -0.39 is 0 Å². The third-order valence-corrected chi connectivity index (χ3v) is 4.21. The average molecular weight is 299 g/mol. The highest BCUT2D eigenvalue weighted by molar-refractivity contribution is 5.78. The van der Waals surface area contributed by atoms with E-state index in [1.165, 1.54) is 64.2 Å². The molecule has 0 radical (unpaired) electrons. The largest absolute Gasteiger partial charge is 0.349 e. The van der Waals surface area contributed by atoms with Crippen molar-refractivity contribution in [1.29, 1.82) is 0 Å². The number of hydrogen-bond acceptors (Lipinski definition) is 2.